The van der Waals surface area contributed by atoms with Crippen molar-refractivity contribution in [3.63, 3.8) is 0 Å². The Morgan fingerprint density at radius 2 is 1.87 bits per heavy atom. The lowest BCUT2D eigenvalue weighted by molar-refractivity contribution is 0.258. The zero-order chi connectivity index (χ0) is 16.2. The number of hydrogen-bond acceptors (Lipinski definition) is 6. The lowest BCUT2D eigenvalue weighted by Crippen LogP contribution is -2.46. The Morgan fingerprint density at radius 1 is 1.13 bits per heavy atom. The highest BCUT2D eigenvalue weighted by Crippen LogP contribution is 2.31. The first-order valence-electron chi connectivity index (χ1n) is 8.08. The first kappa shape index (κ1) is 15.6. The fraction of sp³-hybridized carbons (Fsp3) is 0.412. The van der Waals surface area contributed by atoms with Gasteiger partial charge in [0.05, 0.1) is 11.4 Å². The molecule has 23 heavy (non-hydrogen) atoms. The Balaban J connectivity index is 1.83. The summed E-state index contributed by atoms with van der Waals surface area (Å²) in [5.74, 6) is 0.637. The van der Waals surface area contributed by atoms with Crippen molar-refractivity contribution in [2.24, 2.45) is 0 Å². The van der Waals surface area contributed by atoms with Crippen molar-refractivity contribution < 1.29 is 5.11 Å². The summed E-state index contributed by atoms with van der Waals surface area (Å²) >= 11 is 0. The van der Waals surface area contributed by atoms with Crippen LogP contribution < -0.4 is 10.6 Å². The van der Waals surface area contributed by atoms with E-state index >= 15 is 0 Å². The standard InChI is InChI=1S/C17H23N5O/c1-2-7-21-8-10-22(11-9-21)15-12-14(19-20-17(15)18)13-5-3-4-6-16(13)23/h3-6,12,23H,2,7-11H2,1H3,(H2,18,20). The van der Waals surface area contributed by atoms with E-state index in [1.165, 1.54) is 6.42 Å². The summed E-state index contributed by atoms with van der Waals surface area (Å²) in [7, 11) is 0. The van der Waals surface area contributed by atoms with E-state index in [4.69, 9.17) is 5.73 Å². The molecule has 0 amide bonds. The van der Waals surface area contributed by atoms with Crippen LogP contribution in [0.2, 0.25) is 0 Å². The Hall–Kier alpha value is -2.34. The molecule has 0 atom stereocenters. The van der Waals surface area contributed by atoms with Gasteiger partial charge in [0.2, 0.25) is 0 Å². The van der Waals surface area contributed by atoms with Crippen LogP contribution in [-0.2, 0) is 0 Å². The summed E-state index contributed by atoms with van der Waals surface area (Å²) in [6, 6.07) is 9.07. The molecule has 2 aromatic rings. The predicted octanol–water partition coefficient (Wildman–Crippen LogP) is 1.96. The minimum atomic E-state index is 0.199. The maximum absolute atomic E-state index is 10.0. The molecule has 6 nitrogen and oxygen atoms in total. The number of hydrogen-bond donors (Lipinski definition) is 2. The maximum Gasteiger partial charge on any atom is 0.169 e. The van der Waals surface area contributed by atoms with Crippen molar-refractivity contribution in [2.45, 2.75) is 13.3 Å². The van der Waals surface area contributed by atoms with Crippen molar-refractivity contribution >= 4 is 11.5 Å². The van der Waals surface area contributed by atoms with Gasteiger partial charge in [0.25, 0.3) is 0 Å². The Labute approximate surface area is 136 Å². The molecular formula is C17H23N5O. The molecule has 6 heteroatoms. The topological polar surface area (TPSA) is 78.5 Å². The third-order valence-corrected chi connectivity index (χ3v) is 4.23. The van der Waals surface area contributed by atoms with Gasteiger partial charge in [0.1, 0.15) is 5.75 Å². The summed E-state index contributed by atoms with van der Waals surface area (Å²) < 4.78 is 0. The quantitative estimate of drug-likeness (QED) is 0.898. The van der Waals surface area contributed by atoms with Crippen LogP contribution in [-0.4, -0.2) is 52.9 Å². The summed E-state index contributed by atoms with van der Waals surface area (Å²) in [6.07, 6.45) is 1.18. The van der Waals surface area contributed by atoms with Crippen LogP contribution in [0.4, 0.5) is 11.5 Å². The molecule has 1 aromatic carbocycles. The Morgan fingerprint density at radius 3 is 2.57 bits per heavy atom. The molecule has 0 aliphatic carbocycles. The summed E-state index contributed by atoms with van der Waals surface area (Å²) in [4.78, 5) is 4.71. The first-order valence-corrected chi connectivity index (χ1v) is 8.08. The van der Waals surface area contributed by atoms with E-state index in [0.29, 0.717) is 17.1 Å². The number of piperazine rings is 1. The SMILES string of the molecule is CCCN1CCN(c2cc(-c3ccccc3O)nnc2N)CC1. The number of rotatable bonds is 4. The van der Waals surface area contributed by atoms with Crippen LogP contribution in [0.15, 0.2) is 30.3 Å². The number of benzene rings is 1. The molecular weight excluding hydrogens is 290 g/mol. The number of phenols is 1. The zero-order valence-electron chi connectivity index (χ0n) is 13.4. The van der Waals surface area contributed by atoms with Crippen LogP contribution in [0.5, 0.6) is 5.75 Å². The third-order valence-electron chi connectivity index (χ3n) is 4.23. The molecule has 0 saturated carbocycles. The number of phenolic OH excluding ortho intramolecular Hbond substituents is 1. The number of anilines is 2. The molecule has 122 valence electrons. The number of nitrogens with two attached hydrogens (primary N) is 1. The summed E-state index contributed by atoms with van der Waals surface area (Å²) in [5.41, 5.74) is 8.25. The molecule has 3 N–H and O–H groups in total. The molecule has 2 heterocycles. The normalized spacial score (nSPS) is 15.8. The van der Waals surface area contributed by atoms with Crippen LogP contribution in [0.1, 0.15) is 13.3 Å². The van der Waals surface area contributed by atoms with Gasteiger partial charge >= 0.3 is 0 Å². The van der Waals surface area contributed by atoms with Crippen molar-refractivity contribution in [1.82, 2.24) is 15.1 Å². The molecule has 0 spiro atoms. The molecule has 1 aliphatic rings. The van der Waals surface area contributed by atoms with Gasteiger partial charge < -0.3 is 15.7 Å². The molecule has 1 fully saturated rings. The van der Waals surface area contributed by atoms with Crippen LogP contribution in [0, 0.1) is 0 Å². The smallest absolute Gasteiger partial charge is 0.169 e. The van der Waals surface area contributed by atoms with E-state index in [9.17, 15) is 5.11 Å². The second kappa shape index (κ2) is 6.83. The van der Waals surface area contributed by atoms with Gasteiger partial charge in [-0.15, -0.1) is 10.2 Å². The van der Waals surface area contributed by atoms with E-state index in [1.807, 2.05) is 18.2 Å². The molecule has 0 radical (unpaired) electrons. The number of nitrogens with zero attached hydrogens (tertiary/aromatic N) is 4. The van der Waals surface area contributed by atoms with Gasteiger partial charge in [-0.25, -0.2) is 0 Å². The maximum atomic E-state index is 10.0. The molecule has 3 rings (SSSR count). The Kier molecular flexibility index (Phi) is 4.62. The van der Waals surface area contributed by atoms with Gasteiger partial charge in [-0.3, -0.25) is 4.90 Å². The lowest BCUT2D eigenvalue weighted by Gasteiger charge is -2.36. The van der Waals surface area contributed by atoms with Crippen LogP contribution >= 0.6 is 0 Å². The van der Waals surface area contributed by atoms with Crippen LogP contribution in [0.3, 0.4) is 0 Å². The molecule has 0 bridgehead atoms. The minimum Gasteiger partial charge on any atom is -0.507 e. The Bertz CT molecular complexity index is 668. The highest BCUT2D eigenvalue weighted by Gasteiger charge is 2.20. The third kappa shape index (κ3) is 3.37. The van der Waals surface area contributed by atoms with E-state index in [-0.39, 0.29) is 5.75 Å². The number of aromatic nitrogens is 2. The lowest BCUT2D eigenvalue weighted by atomic mass is 10.1. The predicted molar refractivity (Wildman–Crippen MR) is 92.5 cm³/mol. The van der Waals surface area contributed by atoms with Crippen LogP contribution in [0.25, 0.3) is 11.3 Å². The van der Waals surface area contributed by atoms with Crippen molar-refractivity contribution in [3.05, 3.63) is 30.3 Å². The minimum absolute atomic E-state index is 0.199. The average molecular weight is 313 g/mol. The van der Waals surface area contributed by atoms with E-state index < -0.39 is 0 Å². The monoisotopic (exact) mass is 313 g/mol. The molecule has 1 aromatic heterocycles. The molecule has 1 aliphatic heterocycles. The first-order chi connectivity index (χ1) is 11.2. The molecule has 0 unspecified atom stereocenters. The summed E-state index contributed by atoms with van der Waals surface area (Å²) in [6.45, 7) is 7.26. The number of para-hydroxylation sites is 1. The zero-order valence-corrected chi connectivity index (χ0v) is 13.4. The largest absolute Gasteiger partial charge is 0.507 e. The summed E-state index contributed by atoms with van der Waals surface area (Å²) in [5, 5.41) is 18.2. The average Bonchev–Trinajstić information content (AvgIpc) is 2.57. The number of aromatic hydroxyl groups is 1. The van der Waals surface area contributed by atoms with Crippen molar-refractivity contribution in [1.29, 1.82) is 0 Å². The van der Waals surface area contributed by atoms with Gasteiger partial charge in [-0.2, -0.15) is 0 Å². The fourth-order valence-corrected chi connectivity index (χ4v) is 3.00. The van der Waals surface area contributed by atoms with Gasteiger partial charge in [-0.1, -0.05) is 19.1 Å². The second-order valence-corrected chi connectivity index (χ2v) is 5.85. The van der Waals surface area contributed by atoms with Gasteiger partial charge in [0, 0.05) is 31.7 Å². The fourth-order valence-electron chi connectivity index (χ4n) is 3.00. The van der Waals surface area contributed by atoms with E-state index in [1.54, 1.807) is 12.1 Å². The van der Waals surface area contributed by atoms with Gasteiger partial charge in [0.15, 0.2) is 5.82 Å². The van der Waals surface area contributed by atoms with Crippen molar-refractivity contribution in [3.8, 4) is 17.0 Å². The number of nitrogen functional groups attached to an aromatic ring is 1. The highest BCUT2D eigenvalue weighted by molar-refractivity contribution is 5.74. The van der Waals surface area contributed by atoms with Crippen molar-refractivity contribution in [2.75, 3.05) is 43.4 Å². The van der Waals surface area contributed by atoms with E-state index in [2.05, 4.69) is 26.9 Å². The highest BCUT2D eigenvalue weighted by atomic mass is 16.3. The van der Waals surface area contributed by atoms with E-state index in [0.717, 1.165) is 38.4 Å². The van der Waals surface area contributed by atoms with Gasteiger partial charge in [-0.05, 0) is 31.2 Å². The molecule has 1 saturated heterocycles. The second-order valence-electron chi connectivity index (χ2n) is 5.85.